The van der Waals surface area contributed by atoms with Gasteiger partial charge in [0.05, 0.1) is 23.0 Å². The van der Waals surface area contributed by atoms with Gasteiger partial charge in [0.2, 0.25) is 5.95 Å². The van der Waals surface area contributed by atoms with E-state index in [0.717, 1.165) is 33.4 Å². The van der Waals surface area contributed by atoms with Crippen LogP contribution in [0.1, 0.15) is 11.3 Å². The Balaban J connectivity index is 1.62. The van der Waals surface area contributed by atoms with E-state index in [0.29, 0.717) is 17.3 Å². The number of hydrogen-bond acceptors (Lipinski definition) is 8. The van der Waals surface area contributed by atoms with Gasteiger partial charge in [-0.2, -0.15) is 15.3 Å². The highest BCUT2D eigenvalue weighted by Crippen LogP contribution is 2.30. The summed E-state index contributed by atoms with van der Waals surface area (Å²) >= 11 is 0. The largest absolute Gasteiger partial charge is 0.356 e. The van der Waals surface area contributed by atoms with Crippen molar-refractivity contribution >= 4 is 38.2 Å². The molecule has 0 aliphatic heterocycles. The average molecular weight is 448 g/mol. The van der Waals surface area contributed by atoms with Gasteiger partial charge in [-0.05, 0) is 36.2 Å². The first kappa shape index (κ1) is 21.3. The molecular weight excluding hydrogens is 426 g/mol. The number of nitrogens with one attached hydrogen (secondary N) is 3. The second-order valence-electron chi connectivity index (χ2n) is 7.43. The first-order valence-electron chi connectivity index (χ1n) is 9.79. The summed E-state index contributed by atoms with van der Waals surface area (Å²) in [5.74, 6) is 0.859. The number of H-pyrrole nitrogens is 1. The number of aromatic nitrogens is 4. The Kier molecular flexibility index (Phi) is 5.75. The predicted octanol–water partition coefficient (Wildman–Crippen LogP) is 3.55. The van der Waals surface area contributed by atoms with Crippen LogP contribution in [0.15, 0.2) is 48.7 Å². The van der Waals surface area contributed by atoms with Crippen LogP contribution in [0.2, 0.25) is 0 Å². The average Bonchev–Trinajstić information content (AvgIpc) is 3.13. The maximum absolute atomic E-state index is 11.5. The molecule has 0 saturated carbocycles. The van der Waals surface area contributed by atoms with E-state index in [1.54, 1.807) is 30.5 Å². The first-order valence-corrected chi connectivity index (χ1v) is 11.8. The van der Waals surface area contributed by atoms with Gasteiger partial charge in [-0.3, -0.25) is 5.10 Å². The monoisotopic (exact) mass is 447 g/mol. The minimum atomic E-state index is -3.09. The fourth-order valence-corrected chi connectivity index (χ4v) is 4.15. The number of aromatic amines is 1. The van der Waals surface area contributed by atoms with E-state index in [9.17, 15) is 8.42 Å². The number of nitrogens with zero attached hydrogens (tertiary/aromatic N) is 4. The third-order valence-corrected chi connectivity index (χ3v) is 5.68. The standard InChI is InChI=1S/C22H21N7O2S/c1-14-18-8-5-16(11-20(18)29-28-14)19-12-25-22(27-21(19)24-10-9-23)26-17-6-3-15(4-7-17)13-32(2,30)31/h3-8,11-12H,10,13H2,1-2H3,(H,28,29)(H2,24,25,26,27). The highest BCUT2D eigenvalue weighted by molar-refractivity contribution is 7.89. The van der Waals surface area contributed by atoms with E-state index in [1.807, 2.05) is 25.1 Å². The molecule has 0 saturated heterocycles. The van der Waals surface area contributed by atoms with Crippen molar-refractivity contribution in [3.8, 4) is 17.2 Å². The van der Waals surface area contributed by atoms with Crippen LogP contribution >= 0.6 is 0 Å². The van der Waals surface area contributed by atoms with E-state index >= 15 is 0 Å². The van der Waals surface area contributed by atoms with Crippen molar-refractivity contribution in [2.45, 2.75) is 12.7 Å². The van der Waals surface area contributed by atoms with Gasteiger partial charge < -0.3 is 10.6 Å². The Morgan fingerprint density at radius 3 is 2.66 bits per heavy atom. The molecular formula is C22H21N7O2S. The lowest BCUT2D eigenvalue weighted by Crippen LogP contribution is -2.06. The molecule has 0 aliphatic rings. The molecule has 2 aromatic carbocycles. The molecule has 0 bridgehead atoms. The molecule has 0 fully saturated rings. The molecule has 0 atom stereocenters. The Morgan fingerprint density at radius 2 is 1.94 bits per heavy atom. The molecule has 4 rings (SSSR count). The van der Waals surface area contributed by atoms with Gasteiger partial charge in [0.1, 0.15) is 12.4 Å². The molecule has 0 aliphatic carbocycles. The van der Waals surface area contributed by atoms with Crippen molar-refractivity contribution in [3.05, 3.63) is 59.9 Å². The second kappa shape index (κ2) is 8.64. The summed E-state index contributed by atoms with van der Waals surface area (Å²) in [5, 5.41) is 23.4. The Morgan fingerprint density at radius 1 is 1.16 bits per heavy atom. The van der Waals surface area contributed by atoms with Gasteiger partial charge in [0, 0.05) is 29.1 Å². The van der Waals surface area contributed by atoms with Crippen LogP contribution < -0.4 is 10.6 Å². The number of benzene rings is 2. The van der Waals surface area contributed by atoms with E-state index in [-0.39, 0.29) is 12.3 Å². The van der Waals surface area contributed by atoms with E-state index in [2.05, 4.69) is 36.9 Å². The summed E-state index contributed by atoms with van der Waals surface area (Å²) in [7, 11) is -3.09. The lowest BCUT2D eigenvalue weighted by Gasteiger charge is -2.12. The van der Waals surface area contributed by atoms with Crippen LogP contribution in [0, 0.1) is 18.3 Å². The number of hydrogen-bond donors (Lipinski definition) is 3. The van der Waals surface area contributed by atoms with Gasteiger partial charge in [-0.15, -0.1) is 0 Å². The lowest BCUT2D eigenvalue weighted by molar-refractivity contribution is 0.601. The number of nitriles is 1. The number of fused-ring (bicyclic) bond motifs is 1. The maximum Gasteiger partial charge on any atom is 0.229 e. The molecule has 32 heavy (non-hydrogen) atoms. The van der Waals surface area contributed by atoms with Crippen LogP contribution in [0.3, 0.4) is 0 Å². The third kappa shape index (κ3) is 4.84. The third-order valence-electron chi connectivity index (χ3n) is 4.83. The molecule has 0 amide bonds. The number of aryl methyl sites for hydroxylation is 1. The van der Waals surface area contributed by atoms with Crippen LogP contribution in [0.4, 0.5) is 17.5 Å². The van der Waals surface area contributed by atoms with Crippen LogP contribution in [-0.2, 0) is 15.6 Å². The molecule has 2 aromatic heterocycles. The fourth-order valence-electron chi connectivity index (χ4n) is 3.35. The van der Waals surface area contributed by atoms with Crippen LogP contribution in [0.5, 0.6) is 0 Å². The van der Waals surface area contributed by atoms with Gasteiger partial charge in [0.25, 0.3) is 0 Å². The molecule has 0 radical (unpaired) electrons. The Bertz CT molecular complexity index is 1420. The van der Waals surface area contributed by atoms with Crippen LogP contribution in [-0.4, -0.2) is 41.4 Å². The molecule has 9 nitrogen and oxygen atoms in total. The van der Waals surface area contributed by atoms with E-state index < -0.39 is 9.84 Å². The Labute approximate surface area is 185 Å². The number of rotatable bonds is 7. The molecule has 4 aromatic rings. The molecule has 2 heterocycles. The first-order chi connectivity index (χ1) is 15.3. The zero-order valence-electron chi connectivity index (χ0n) is 17.5. The van der Waals surface area contributed by atoms with Crippen molar-refractivity contribution in [1.29, 1.82) is 5.26 Å². The van der Waals surface area contributed by atoms with E-state index in [1.165, 1.54) is 6.26 Å². The molecule has 10 heteroatoms. The zero-order valence-corrected chi connectivity index (χ0v) is 18.4. The molecule has 162 valence electrons. The minimum absolute atomic E-state index is 0.0130. The summed E-state index contributed by atoms with van der Waals surface area (Å²) in [4.78, 5) is 8.96. The predicted molar refractivity (Wildman–Crippen MR) is 124 cm³/mol. The summed E-state index contributed by atoms with van der Waals surface area (Å²) in [6.07, 6.45) is 2.90. The normalized spacial score (nSPS) is 11.3. The van der Waals surface area contributed by atoms with Crippen molar-refractivity contribution < 1.29 is 8.42 Å². The summed E-state index contributed by atoms with van der Waals surface area (Å²) < 4.78 is 22.9. The summed E-state index contributed by atoms with van der Waals surface area (Å²) in [6, 6.07) is 15.0. The van der Waals surface area contributed by atoms with Crippen LogP contribution in [0.25, 0.3) is 22.0 Å². The Hall–Kier alpha value is -3.97. The van der Waals surface area contributed by atoms with Gasteiger partial charge in [-0.25, -0.2) is 13.4 Å². The van der Waals surface area contributed by atoms with Gasteiger partial charge in [-0.1, -0.05) is 24.3 Å². The van der Waals surface area contributed by atoms with Crippen molar-refractivity contribution in [2.24, 2.45) is 0 Å². The topological polar surface area (TPSA) is 136 Å². The highest BCUT2D eigenvalue weighted by atomic mass is 32.2. The van der Waals surface area contributed by atoms with Crippen molar-refractivity contribution in [1.82, 2.24) is 20.2 Å². The van der Waals surface area contributed by atoms with E-state index in [4.69, 9.17) is 5.26 Å². The number of sulfone groups is 1. The lowest BCUT2D eigenvalue weighted by atomic mass is 10.1. The highest BCUT2D eigenvalue weighted by Gasteiger charge is 2.12. The zero-order chi connectivity index (χ0) is 22.7. The maximum atomic E-state index is 11.5. The quantitative estimate of drug-likeness (QED) is 0.366. The van der Waals surface area contributed by atoms with Crippen molar-refractivity contribution in [2.75, 3.05) is 23.4 Å². The number of anilines is 3. The second-order valence-corrected chi connectivity index (χ2v) is 9.57. The summed E-state index contributed by atoms with van der Waals surface area (Å²) in [5.41, 5.74) is 4.89. The van der Waals surface area contributed by atoms with Gasteiger partial charge in [0.15, 0.2) is 9.84 Å². The van der Waals surface area contributed by atoms with Gasteiger partial charge >= 0.3 is 0 Å². The minimum Gasteiger partial charge on any atom is -0.356 e. The van der Waals surface area contributed by atoms with Crippen molar-refractivity contribution in [3.63, 3.8) is 0 Å². The SMILES string of the molecule is Cc1n[nH]c2cc(-c3cnc(Nc4ccc(CS(C)(=O)=O)cc4)nc3NCC#N)ccc12. The molecule has 0 spiro atoms. The summed E-state index contributed by atoms with van der Waals surface area (Å²) in [6.45, 7) is 2.03. The molecule has 3 N–H and O–H groups in total. The smallest absolute Gasteiger partial charge is 0.229 e. The fraction of sp³-hybridized carbons (Fsp3) is 0.182. The molecule has 0 unspecified atom stereocenters.